The maximum Gasteiger partial charge on any atom is 0.327 e. The Bertz CT molecular complexity index is 545. The minimum atomic E-state index is -4.76. The van der Waals surface area contributed by atoms with Crippen molar-refractivity contribution < 1.29 is 32.0 Å². The van der Waals surface area contributed by atoms with Gasteiger partial charge in [0, 0.05) is 0 Å². The van der Waals surface area contributed by atoms with Crippen LogP contribution < -0.4 is 0 Å². The van der Waals surface area contributed by atoms with Crippen LogP contribution in [0.25, 0.3) is 0 Å². The third-order valence-electron chi connectivity index (χ3n) is 5.00. The van der Waals surface area contributed by atoms with Crippen molar-refractivity contribution in [1.29, 1.82) is 0 Å². The molecule has 0 bridgehead atoms. The molecule has 0 aliphatic rings. The number of unbranched alkanes of at least 4 members (excludes halogenated alkanes) is 2. The van der Waals surface area contributed by atoms with Crippen LogP contribution in [0.4, 0.5) is 0 Å². The molecule has 0 aromatic heterocycles. The quantitative estimate of drug-likeness (QED) is 0.224. The number of carbonyl (C=O) groups excluding carboxylic acids is 2. The van der Waals surface area contributed by atoms with E-state index in [-0.39, 0.29) is 25.0 Å². The first-order chi connectivity index (χ1) is 13.2. The first-order valence-electron chi connectivity index (χ1n) is 10.5. The van der Waals surface area contributed by atoms with Crippen LogP contribution in [0, 0.1) is 11.8 Å². The summed E-state index contributed by atoms with van der Waals surface area (Å²) in [5.74, 6) is -1.61. The van der Waals surface area contributed by atoms with Crippen LogP contribution in [0.1, 0.15) is 85.5 Å². The van der Waals surface area contributed by atoms with Crippen molar-refractivity contribution in [3.05, 3.63) is 0 Å². The molecule has 0 fully saturated rings. The summed E-state index contributed by atoms with van der Waals surface area (Å²) in [6.45, 7) is 8.35. The van der Waals surface area contributed by atoms with E-state index in [2.05, 4.69) is 13.8 Å². The van der Waals surface area contributed by atoms with Crippen molar-refractivity contribution in [3.8, 4) is 0 Å². The molecule has 7 nitrogen and oxygen atoms in total. The summed E-state index contributed by atoms with van der Waals surface area (Å²) in [6, 6.07) is 0. The highest BCUT2D eigenvalue weighted by Gasteiger charge is 2.36. The Kier molecular flexibility index (Phi) is 14.2. The van der Waals surface area contributed by atoms with E-state index in [0.29, 0.717) is 0 Å². The molecular weight excluding hydrogens is 388 g/mol. The van der Waals surface area contributed by atoms with Crippen molar-refractivity contribution in [2.45, 2.75) is 90.7 Å². The lowest BCUT2D eigenvalue weighted by Gasteiger charge is -2.18. The Morgan fingerprint density at radius 3 is 1.71 bits per heavy atom. The molecular formula is C20H38O7S. The maximum absolute atomic E-state index is 12.2. The Hall–Kier alpha value is -1.15. The van der Waals surface area contributed by atoms with Gasteiger partial charge in [0.15, 0.2) is 5.25 Å². The van der Waals surface area contributed by atoms with Crippen molar-refractivity contribution in [2.24, 2.45) is 11.8 Å². The molecule has 1 N–H and O–H groups in total. The third-order valence-corrected chi connectivity index (χ3v) is 6.08. The van der Waals surface area contributed by atoms with Crippen molar-refractivity contribution in [3.63, 3.8) is 0 Å². The predicted octanol–water partition coefficient (Wildman–Crippen LogP) is 4.15. The summed E-state index contributed by atoms with van der Waals surface area (Å²) in [5.41, 5.74) is 0. The Morgan fingerprint density at radius 1 is 0.857 bits per heavy atom. The summed E-state index contributed by atoms with van der Waals surface area (Å²) in [4.78, 5) is 24.2. The first kappa shape index (κ1) is 26.9. The fraction of sp³-hybridized carbons (Fsp3) is 0.900. The van der Waals surface area contributed by atoms with Crippen LogP contribution in [0.3, 0.4) is 0 Å². The molecule has 0 rings (SSSR count). The summed E-state index contributed by atoms with van der Waals surface area (Å²) in [6.07, 6.45) is 6.74. The minimum Gasteiger partial charge on any atom is -0.465 e. The zero-order valence-corrected chi connectivity index (χ0v) is 18.6. The van der Waals surface area contributed by atoms with Crippen LogP contribution in [-0.4, -0.2) is 43.4 Å². The number of carbonyl (C=O) groups is 2. The lowest BCUT2D eigenvalue weighted by molar-refractivity contribution is -0.151. The number of rotatable bonds is 16. The molecule has 0 radical (unpaired) electrons. The Labute approximate surface area is 170 Å². The average Bonchev–Trinajstić information content (AvgIpc) is 2.65. The van der Waals surface area contributed by atoms with Crippen molar-refractivity contribution in [2.75, 3.05) is 13.2 Å². The average molecular weight is 427 g/mol. The molecule has 3 unspecified atom stereocenters. The number of hydrogen-bond donors (Lipinski definition) is 1. The number of ether oxygens (including phenoxy) is 2. The third kappa shape index (κ3) is 11.6. The van der Waals surface area contributed by atoms with E-state index in [1.54, 1.807) is 0 Å². The molecule has 0 aromatic rings. The van der Waals surface area contributed by atoms with Gasteiger partial charge in [-0.05, 0) is 24.7 Å². The Balaban J connectivity index is 4.73. The summed E-state index contributed by atoms with van der Waals surface area (Å²) in [5, 5.41) is -1.95. The fourth-order valence-corrected chi connectivity index (χ4v) is 3.48. The van der Waals surface area contributed by atoms with E-state index < -0.39 is 33.7 Å². The van der Waals surface area contributed by atoms with Gasteiger partial charge >= 0.3 is 11.9 Å². The normalized spacial score (nSPS) is 14.9. The fourth-order valence-electron chi connectivity index (χ4n) is 2.82. The predicted molar refractivity (Wildman–Crippen MR) is 108 cm³/mol. The van der Waals surface area contributed by atoms with E-state index in [0.717, 1.165) is 51.4 Å². The zero-order chi connectivity index (χ0) is 21.6. The van der Waals surface area contributed by atoms with Gasteiger partial charge in [-0.3, -0.25) is 14.1 Å². The largest absolute Gasteiger partial charge is 0.465 e. The molecule has 0 aliphatic carbocycles. The van der Waals surface area contributed by atoms with Gasteiger partial charge in [-0.25, -0.2) is 0 Å². The van der Waals surface area contributed by atoms with E-state index in [4.69, 9.17) is 9.47 Å². The molecule has 166 valence electrons. The molecule has 0 heterocycles. The van der Waals surface area contributed by atoms with Crippen molar-refractivity contribution in [1.82, 2.24) is 0 Å². The van der Waals surface area contributed by atoms with Gasteiger partial charge in [0.1, 0.15) is 0 Å². The van der Waals surface area contributed by atoms with Crippen LogP contribution in [-0.2, 0) is 29.2 Å². The van der Waals surface area contributed by atoms with Crippen LogP contribution in [0.5, 0.6) is 0 Å². The van der Waals surface area contributed by atoms with Gasteiger partial charge in [-0.1, -0.05) is 66.2 Å². The lowest BCUT2D eigenvalue weighted by Crippen LogP contribution is -2.35. The molecule has 3 atom stereocenters. The standard InChI is InChI=1S/C20H38O7S/c1-5-9-11-16(7-3)14-26-19(21)13-18(28(23,24)25)20(22)27-15-17(8-4)12-10-6-2/h16-18H,5-15H2,1-4H3,(H,23,24,25)/i13+1,18+1,19+1,20+1. The highest BCUT2D eigenvalue weighted by molar-refractivity contribution is 7.87. The highest BCUT2D eigenvalue weighted by atomic mass is 32.2. The van der Waals surface area contributed by atoms with Crippen molar-refractivity contribution >= 4 is 22.1 Å². The second-order valence-corrected chi connectivity index (χ2v) is 8.95. The van der Waals surface area contributed by atoms with E-state index in [1.807, 2.05) is 13.8 Å². The van der Waals surface area contributed by atoms with Crippen LogP contribution in [0.15, 0.2) is 0 Å². The summed E-state index contributed by atoms with van der Waals surface area (Å²) >= 11 is 0. The maximum atomic E-state index is 12.2. The monoisotopic (exact) mass is 426 g/mol. The SMILES string of the molecule is CCCCC(CC)CO[13C](=O)[13CH2][13CH]([13C](=O)OCC(CC)CCCC)S(=O)(=O)O. The molecule has 0 aliphatic heterocycles. The Morgan fingerprint density at radius 2 is 1.32 bits per heavy atom. The van der Waals surface area contributed by atoms with Gasteiger partial charge in [-0.15, -0.1) is 0 Å². The van der Waals surface area contributed by atoms with E-state index in [1.165, 1.54) is 0 Å². The molecule has 28 heavy (non-hydrogen) atoms. The summed E-state index contributed by atoms with van der Waals surface area (Å²) in [7, 11) is -4.76. The highest BCUT2D eigenvalue weighted by Crippen LogP contribution is 2.17. The molecule has 0 amide bonds. The first-order valence-corrected chi connectivity index (χ1v) is 12.0. The van der Waals surface area contributed by atoms with Gasteiger partial charge in [0.05, 0.1) is 19.6 Å². The van der Waals surface area contributed by atoms with Gasteiger partial charge < -0.3 is 9.47 Å². The molecule has 0 spiro atoms. The number of hydrogen-bond acceptors (Lipinski definition) is 6. The second-order valence-electron chi connectivity index (χ2n) is 7.35. The van der Waals surface area contributed by atoms with E-state index >= 15 is 0 Å². The van der Waals surface area contributed by atoms with Crippen LogP contribution in [0.2, 0.25) is 0 Å². The van der Waals surface area contributed by atoms with Gasteiger partial charge in [0.25, 0.3) is 10.1 Å². The molecule has 8 heteroatoms. The minimum absolute atomic E-state index is 0.0747. The van der Waals surface area contributed by atoms with Crippen LogP contribution >= 0.6 is 0 Å². The molecule has 0 saturated carbocycles. The molecule has 0 saturated heterocycles. The zero-order valence-electron chi connectivity index (χ0n) is 17.8. The smallest absolute Gasteiger partial charge is 0.327 e. The number of esters is 2. The van der Waals surface area contributed by atoms with Gasteiger partial charge in [-0.2, -0.15) is 8.42 Å². The van der Waals surface area contributed by atoms with Gasteiger partial charge in [0.2, 0.25) is 0 Å². The topological polar surface area (TPSA) is 107 Å². The molecule has 0 aromatic carbocycles. The van der Waals surface area contributed by atoms with E-state index in [9.17, 15) is 22.6 Å². The second kappa shape index (κ2) is 14.8. The lowest BCUT2D eigenvalue weighted by atomic mass is 10.0. The summed E-state index contributed by atoms with van der Waals surface area (Å²) < 4.78 is 42.8.